The fraction of sp³-hybridized carbons (Fsp3) is 0.357. The van der Waals surface area contributed by atoms with Gasteiger partial charge in [0.15, 0.2) is 0 Å². The summed E-state index contributed by atoms with van der Waals surface area (Å²) >= 11 is 0. The molecule has 0 aromatic heterocycles. The van der Waals surface area contributed by atoms with Crippen LogP contribution in [0.25, 0.3) is 0 Å². The Labute approximate surface area is 121 Å². The van der Waals surface area contributed by atoms with Crippen LogP contribution < -0.4 is 10.1 Å². The molecule has 0 bridgehead atoms. The van der Waals surface area contributed by atoms with Crippen molar-refractivity contribution in [2.24, 2.45) is 0 Å². The van der Waals surface area contributed by atoms with Gasteiger partial charge in [-0.25, -0.2) is 4.84 Å². The lowest BCUT2D eigenvalue weighted by atomic mass is 10.2. The standard InChI is InChI=1S/C14H16N2O5/c1-2-15-14(19)10-3-5-11(6-4-10)20-9-21-16-12(17)7-8-13(16)18/h3-6H,2,7-9H2,1H3,(H,15,19). The van der Waals surface area contributed by atoms with E-state index >= 15 is 0 Å². The van der Waals surface area contributed by atoms with Gasteiger partial charge in [-0.15, -0.1) is 5.06 Å². The van der Waals surface area contributed by atoms with Crippen molar-refractivity contribution in [2.45, 2.75) is 19.8 Å². The molecule has 0 radical (unpaired) electrons. The third-order valence-corrected chi connectivity index (χ3v) is 2.87. The van der Waals surface area contributed by atoms with Gasteiger partial charge in [-0.1, -0.05) is 0 Å². The molecule has 0 aliphatic carbocycles. The Morgan fingerprint density at radius 2 is 1.81 bits per heavy atom. The molecule has 1 aromatic rings. The molecule has 1 heterocycles. The lowest BCUT2D eigenvalue weighted by Gasteiger charge is -2.13. The Kier molecular flexibility index (Phi) is 4.89. The van der Waals surface area contributed by atoms with E-state index in [0.717, 1.165) is 5.06 Å². The van der Waals surface area contributed by atoms with Crippen LogP contribution in [-0.4, -0.2) is 36.1 Å². The molecule has 3 amide bonds. The van der Waals surface area contributed by atoms with Crippen molar-refractivity contribution in [1.29, 1.82) is 0 Å². The fourth-order valence-corrected chi connectivity index (χ4v) is 1.81. The van der Waals surface area contributed by atoms with E-state index in [1.54, 1.807) is 24.3 Å². The van der Waals surface area contributed by atoms with Gasteiger partial charge in [-0.05, 0) is 31.2 Å². The molecule has 0 spiro atoms. The summed E-state index contributed by atoms with van der Waals surface area (Å²) in [5, 5.41) is 3.41. The smallest absolute Gasteiger partial charge is 0.254 e. The highest BCUT2D eigenvalue weighted by Crippen LogP contribution is 2.15. The van der Waals surface area contributed by atoms with Crippen molar-refractivity contribution in [3.05, 3.63) is 29.8 Å². The van der Waals surface area contributed by atoms with Crippen molar-refractivity contribution in [3.63, 3.8) is 0 Å². The summed E-state index contributed by atoms with van der Waals surface area (Å²) in [5.41, 5.74) is 0.523. The second-order valence-electron chi connectivity index (χ2n) is 4.36. The molecule has 1 N–H and O–H groups in total. The first-order valence-corrected chi connectivity index (χ1v) is 6.61. The minimum atomic E-state index is -0.366. The summed E-state index contributed by atoms with van der Waals surface area (Å²) in [4.78, 5) is 39.1. The van der Waals surface area contributed by atoms with Gasteiger partial charge in [0.25, 0.3) is 17.7 Å². The molecule has 1 aliphatic rings. The normalized spacial score (nSPS) is 14.4. The number of ether oxygens (including phenoxy) is 1. The highest BCUT2D eigenvalue weighted by molar-refractivity contribution is 6.00. The number of carbonyl (C=O) groups excluding carboxylic acids is 3. The molecule has 1 aromatic carbocycles. The monoisotopic (exact) mass is 292 g/mol. The van der Waals surface area contributed by atoms with Gasteiger partial charge in [0.05, 0.1) is 0 Å². The quantitative estimate of drug-likeness (QED) is 0.620. The lowest BCUT2D eigenvalue weighted by molar-refractivity contribution is -0.204. The van der Waals surface area contributed by atoms with Crippen molar-refractivity contribution in [2.75, 3.05) is 13.3 Å². The van der Waals surface area contributed by atoms with Crippen molar-refractivity contribution in [3.8, 4) is 5.75 Å². The van der Waals surface area contributed by atoms with E-state index in [1.807, 2.05) is 6.92 Å². The predicted molar refractivity (Wildman–Crippen MR) is 72.1 cm³/mol. The molecular formula is C14H16N2O5. The third-order valence-electron chi connectivity index (χ3n) is 2.87. The lowest BCUT2D eigenvalue weighted by Crippen LogP contribution is -2.30. The van der Waals surface area contributed by atoms with Gasteiger partial charge >= 0.3 is 0 Å². The number of hydrogen-bond donors (Lipinski definition) is 1. The summed E-state index contributed by atoms with van der Waals surface area (Å²) in [6, 6.07) is 6.46. The Morgan fingerprint density at radius 3 is 2.38 bits per heavy atom. The predicted octanol–water partition coefficient (Wildman–Crippen LogP) is 0.853. The minimum Gasteiger partial charge on any atom is -0.465 e. The van der Waals surface area contributed by atoms with Crippen molar-refractivity contribution >= 4 is 17.7 Å². The molecule has 1 fully saturated rings. The van der Waals surface area contributed by atoms with Crippen LogP contribution in [0.5, 0.6) is 5.75 Å². The number of nitrogens with one attached hydrogen (secondary N) is 1. The van der Waals surface area contributed by atoms with Crippen LogP contribution in [0.3, 0.4) is 0 Å². The topological polar surface area (TPSA) is 84.9 Å². The number of hydrogen-bond acceptors (Lipinski definition) is 5. The van der Waals surface area contributed by atoms with E-state index < -0.39 is 0 Å². The number of rotatable bonds is 6. The first-order chi connectivity index (χ1) is 10.1. The molecule has 112 valence electrons. The minimum absolute atomic E-state index is 0.159. The third kappa shape index (κ3) is 3.79. The van der Waals surface area contributed by atoms with E-state index in [-0.39, 0.29) is 37.4 Å². The van der Waals surface area contributed by atoms with Crippen LogP contribution in [0.15, 0.2) is 24.3 Å². The number of carbonyl (C=O) groups is 3. The molecular weight excluding hydrogens is 276 g/mol. The summed E-state index contributed by atoms with van der Waals surface area (Å²) < 4.78 is 5.26. The Morgan fingerprint density at radius 1 is 1.19 bits per heavy atom. The van der Waals surface area contributed by atoms with E-state index in [4.69, 9.17) is 9.57 Å². The van der Waals surface area contributed by atoms with Gasteiger partial charge in [-0.3, -0.25) is 14.4 Å². The number of nitrogens with zero attached hydrogens (tertiary/aromatic N) is 1. The Balaban J connectivity index is 1.82. The van der Waals surface area contributed by atoms with Gasteiger partial charge in [0.2, 0.25) is 6.79 Å². The Bertz CT molecular complexity index is 525. The second kappa shape index (κ2) is 6.85. The molecule has 0 unspecified atom stereocenters. The summed E-state index contributed by atoms with van der Waals surface area (Å²) in [7, 11) is 0. The average Bonchev–Trinajstić information content (AvgIpc) is 2.80. The molecule has 1 saturated heterocycles. The maximum atomic E-state index is 11.6. The van der Waals surface area contributed by atoms with Crippen LogP contribution in [-0.2, 0) is 14.4 Å². The zero-order chi connectivity index (χ0) is 15.2. The number of hydroxylamine groups is 2. The molecule has 7 heteroatoms. The highest BCUT2D eigenvalue weighted by atomic mass is 16.8. The van der Waals surface area contributed by atoms with E-state index in [9.17, 15) is 14.4 Å². The summed E-state index contributed by atoms with van der Waals surface area (Å²) in [6.45, 7) is 2.15. The summed E-state index contributed by atoms with van der Waals surface area (Å²) in [6.07, 6.45) is 0.333. The van der Waals surface area contributed by atoms with Crippen LogP contribution in [0.1, 0.15) is 30.1 Å². The summed E-state index contributed by atoms with van der Waals surface area (Å²) in [5.74, 6) is -0.416. The Hall–Kier alpha value is -2.41. The molecule has 0 saturated carbocycles. The number of benzene rings is 1. The molecule has 0 atom stereocenters. The largest absolute Gasteiger partial charge is 0.465 e. The van der Waals surface area contributed by atoms with Crippen LogP contribution in [0.2, 0.25) is 0 Å². The van der Waals surface area contributed by atoms with Crippen LogP contribution >= 0.6 is 0 Å². The van der Waals surface area contributed by atoms with Crippen LogP contribution in [0.4, 0.5) is 0 Å². The average molecular weight is 292 g/mol. The van der Waals surface area contributed by atoms with Gasteiger partial charge in [0, 0.05) is 24.9 Å². The van der Waals surface area contributed by atoms with E-state index in [1.165, 1.54) is 0 Å². The number of amides is 3. The first-order valence-electron chi connectivity index (χ1n) is 6.61. The zero-order valence-corrected chi connectivity index (χ0v) is 11.6. The van der Waals surface area contributed by atoms with Crippen molar-refractivity contribution in [1.82, 2.24) is 10.4 Å². The fourth-order valence-electron chi connectivity index (χ4n) is 1.81. The maximum Gasteiger partial charge on any atom is 0.254 e. The molecule has 2 rings (SSSR count). The van der Waals surface area contributed by atoms with Crippen LogP contribution in [0, 0.1) is 0 Å². The van der Waals surface area contributed by atoms with Gasteiger partial charge in [0.1, 0.15) is 5.75 Å². The second-order valence-corrected chi connectivity index (χ2v) is 4.36. The number of imide groups is 1. The van der Waals surface area contributed by atoms with Gasteiger partial charge in [-0.2, -0.15) is 0 Å². The highest BCUT2D eigenvalue weighted by Gasteiger charge is 2.30. The van der Waals surface area contributed by atoms with Crippen molar-refractivity contribution < 1.29 is 24.0 Å². The molecule has 1 aliphatic heterocycles. The van der Waals surface area contributed by atoms with E-state index in [0.29, 0.717) is 17.9 Å². The zero-order valence-electron chi connectivity index (χ0n) is 11.6. The maximum absolute atomic E-state index is 11.6. The molecule has 21 heavy (non-hydrogen) atoms. The molecule has 7 nitrogen and oxygen atoms in total. The van der Waals surface area contributed by atoms with Gasteiger partial charge < -0.3 is 10.1 Å². The first kappa shape index (κ1) is 15.0. The SMILES string of the molecule is CCNC(=O)c1ccc(OCON2C(=O)CCC2=O)cc1. The van der Waals surface area contributed by atoms with E-state index in [2.05, 4.69) is 5.32 Å².